The number of hydrogen-bond donors (Lipinski definition) is 0. The van der Waals surface area contributed by atoms with Crippen molar-refractivity contribution in [2.24, 2.45) is 0 Å². The normalized spacial score (nSPS) is 21.8. The van der Waals surface area contributed by atoms with Crippen LogP contribution in [-0.4, -0.2) is 71.3 Å². The lowest BCUT2D eigenvalue weighted by Gasteiger charge is -2.30. The minimum Gasteiger partial charge on any atom is -0.376 e. The summed E-state index contributed by atoms with van der Waals surface area (Å²) >= 11 is 1.40. The number of benzene rings is 2. The summed E-state index contributed by atoms with van der Waals surface area (Å²) in [7, 11) is -3.10. The van der Waals surface area contributed by atoms with Crippen molar-refractivity contribution in [3.05, 3.63) is 54.1 Å². The molecule has 9 heteroatoms. The van der Waals surface area contributed by atoms with E-state index >= 15 is 0 Å². The lowest BCUT2D eigenvalue weighted by Crippen LogP contribution is -2.46. The van der Waals surface area contributed by atoms with Crippen LogP contribution in [-0.2, 0) is 19.4 Å². The number of rotatable bonds is 7. The van der Waals surface area contributed by atoms with E-state index in [9.17, 15) is 13.2 Å². The predicted molar refractivity (Wildman–Crippen MR) is 134 cm³/mol. The number of carbonyl (C=O) groups excluding carboxylic acids is 1. The molecule has 2 atom stereocenters. The highest BCUT2D eigenvalue weighted by atomic mass is 32.2. The Morgan fingerprint density at radius 2 is 1.97 bits per heavy atom. The quantitative estimate of drug-likeness (QED) is 0.462. The maximum Gasteiger partial charge on any atom is 0.233 e. The Morgan fingerprint density at radius 1 is 1.18 bits per heavy atom. The fraction of sp³-hybridized carbons (Fsp3) is 0.440. The highest BCUT2D eigenvalue weighted by Crippen LogP contribution is 2.29. The van der Waals surface area contributed by atoms with Crippen molar-refractivity contribution in [2.75, 3.05) is 30.4 Å². The van der Waals surface area contributed by atoms with Crippen molar-refractivity contribution in [1.29, 1.82) is 0 Å². The fourth-order valence-electron chi connectivity index (χ4n) is 4.74. The van der Waals surface area contributed by atoms with E-state index in [1.54, 1.807) is 4.90 Å². The molecule has 0 N–H and O–H groups in total. The first-order valence-electron chi connectivity index (χ1n) is 11.7. The molecule has 0 spiro atoms. The number of carbonyl (C=O) groups is 1. The largest absolute Gasteiger partial charge is 0.376 e. The zero-order chi connectivity index (χ0) is 23.7. The Labute approximate surface area is 204 Å². The zero-order valence-electron chi connectivity index (χ0n) is 19.2. The van der Waals surface area contributed by atoms with Gasteiger partial charge < -0.3 is 9.64 Å². The van der Waals surface area contributed by atoms with Crippen molar-refractivity contribution in [1.82, 2.24) is 14.5 Å². The molecule has 1 aromatic heterocycles. The van der Waals surface area contributed by atoms with Crippen molar-refractivity contribution in [3.63, 3.8) is 0 Å². The molecule has 0 saturated carbocycles. The second kappa shape index (κ2) is 9.71. The van der Waals surface area contributed by atoms with Gasteiger partial charge in [-0.3, -0.25) is 9.36 Å². The summed E-state index contributed by atoms with van der Waals surface area (Å²) in [4.78, 5) is 20.0. The Morgan fingerprint density at radius 3 is 2.68 bits per heavy atom. The maximum absolute atomic E-state index is 13.4. The van der Waals surface area contributed by atoms with Gasteiger partial charge in [0.25, 0.3) is 0 Å². The summed E-state index contributed by atoms with van der Waals surface area (Å²) in [5, 5.41) is 0.745. The summed E-state index contributed by atoms with van der Waals surface area (Å²) in [5.41, 5.74) is 4.02. The average molecular weight is 500 g/mol. The van der Waals surface area contributed by atoms with Gasteiger partial charge in [-0.25, -0.2) is 13.4 Å². The topological polar surface area (TPSA) is 81.5 Å². The SMILES string of the molecule is Cc1ccc(-n2c(SCC(=O)N(C[C@@H]3CCCO3)[C@H]3CCS(=O)(=O)C3)nc3ccccc32)cc1. The standard InChI is InChI=1S/C25H29N3O4S2/c1-18-8-10-19(11-9-18)28-23-7-3-2-6-22(23)26-25(28)33-16-24(29)27(15-21-5-4-13-32-21)20-12-14-34(30,31)17-20/h2-3,6-11,20-21H,4-5,12-17H2,1H3/t20-,21-/m0/s1. The molecule has 0 bridgehead atoms. The number of aromatic nitrogens is 2. The van der Waals surface area contributed by atoms with E-state index in [2.05, 4.69) is 35.8 Å². The Bertz CT molecular complexity index is 1280. The molecule has 2 aromatic carbocycles. The molecule has 3 heterocycles. The number of nitrogens with zero attached hydrogens (tertiary/aromatic N) is 3. The number of amides is 1. The molecular formula is C25H29N3O4S2. The first-order chi connectivity index (χ1) is 16.4. The van der Waals surface area contributed by atoms with Gasteiger partial charge in [0.15, 0.2) is 15.0 Å². The van der Waals surface area contributed by atoms with Gasteiger partial charge in [0.1, 0.15) is 0 Å². The highest BCUT2D eigenvalue weighted by Gasteiger charge is 2.36. The van der Waals surface area contributed by atoms with E-state index in [0.29, 0.717) is 19.6 Å². The van der Waals surface area contributed by atoms with Crippen LogP contribution in [0.15, 0.2) is 53.7 Å². The van der Waals surface area contributed by atoms with E-state index in [4.69, 9.17) is 9.72 Å². The molecule has 2 saturated heterocycles. The van der Waals surface area contributed by atoms with Gasteiger partial charge in [-0.2, -0.15) is 0 Å². The van der Waals surface area contributed by atoms with Gasteiger partial charge in [0, 0.05) is 24.9 Å². The van der Waals surface area contributed by atoms with Crippen molar-refractivity contribution < 1.29 is 17.9 Å². The third kappa shape index (κ3) is 5.01. The molecule has 1 amide bonds. The van der Waals surface area contributed by atoms with Crippen LogP contribution in [0.3, 0.4) is 0 Å². The van der Waals surface area contributed by atoms with Crippen LogP contribution < -0.4 is 0 Å². The van der Waals surface area contributed by atoms with Gasteiger partial charge in [0.2, 0.25) is 5.91 Å². The lowest BCUT2D eigenvalue weighted by atomic mass is 10.1. The van der Waals surface area contributed by atoms with E-state index in [-0.39, 0.29) is 35.3 Å². The fourth-order valence-corrected chi connectivity index (χ4v) is 7.38. The lowest BCUT2D eigenvalue weighted by molar-refractivity contribution is -0.131. The average Bonchev–Trinajstić information content (AvgIpc) is 3.55. The Balaban J connectivity index is 1.39. The highest BCUT2D eigenvalue weighted by molar-refractivity contribution is 7.99. The minimum absolute atomic E-state index is 0.0191. The zero-order valence-corrected chi connectivity index (χ0v) is 20.9. The first kappa shape index (κ1) is 23.4. The third-order valence-corrected chi connectivity index (χ3v) is 9.21. The van der Waals surface area contributed by atoms with Crippen LogP contribution in [0.25, 0.3) is 16.7 Å². The monoisotopic (exact) mass is 499 g/mol. The van der Waals surface area contributed by atoms with Crippen LogP contribution in [0.1, 0.15) is 24.8 Å². The van der Waals surface area contributed by atoms with Gasteiger partial charge >= 0.3 is 0 Å². The third-order valence-electron chi connectivity index (χ3n) is 6.54. The number of sulfone groups is 1. The molecule has 180 valence electrons. The predicted octanol–water partition coefficient (Wildman–Crippen LogP) is 3.62. The smallest absolute Gasteiger partial charge is 0.233 e. The number of fused-ring (bicyclic) bond motifs is 1. The number of aryl methyl sites for hydroxylation is 1. The molecule has 3 aromatic rings. The second-order valence-corrected chi connectivity index (χ2v) is 12.3. The van der Waals surface area contributed by atoms with Crippen LogP contribution in [0.4, 0.5) is 0 Å². The summed E-state index contributed by atoms with van der Waals surface area (Å²) < 4.78 is 32.1. The van der Waals surface area contributed by atoms with E-state index in [1.807, 2.05) is 24.3 Å². The molecule has 2 fully saturated rings. The molecule has 2 aliphatic heterocycles. The van der Waals surface area contributed by atoms with Gasteiger partial charge in [-0.05, 0) is 50.5 Å². The van der Waals surface area contributed by atoms with E-state index < -0.39 is 9.84 Å². The molecular weight excluding hydrogens is 470 g/mol. The summed E-state index contributed by atoms with van der Waals surface area (Å²) in [6, 6.07) is 15.9. The van der Waals surface area contributed by atoms with Crippen LogP contribution in [0.5, 0.6) is 0 Å². The molecule has 2 aliphatic rings. The molecule has 7 nitrogen and oxygen atoms in total. The number of thioether (sulfide) groups is 1. The molecule has 34 heavy (non-hydrogen) atoms. The van der Waals surface area contributed by atoms with Crippen LogP contribution >= 0.6 is 11.8 Å². The molecule has 0 unspecified atom stereocenters. The summed E-state index contributed by atoms with van der Waals surface area (Å²) in [6.45, 7) is 3.20. The van der Waals surface area contributed by atoms with Gasteiger partial charge in [-0.15, -0.1) is 0 Å². The summed E-state index contributed by atoms with van der Waals surface area (Å²) in [5.74, 6) is 0.310. The number of ether oxygens (including phenoxy) is 1. The minimum atomic E-state index is -3.10. The Hall–Kier alpha value is -2.36. The van der Waals surface area contributed by atoms with Crippen molar-refractivity contribution in [3.8, 4) is 5.69 Å². The van der Waals surface area contributed by atoms with Gasteiger partial charge in [-0.1, -0.05) is 41.6 Å². The van der Waals surface area contributed by atoms with Crippen molar-refractivity contribution in [2.45, 2.75) is 43.5 Å². The maximum atomic E-state index is 13.4. The molecule has 0 radical (unpaired) electrons. The Kier molecular flexibility index (Phi) is 6.68. The second-order valence-electron chi connectivity index (χ2n) is 9.08. The summed E-state index contributed by atoms with van der Waals surface area (Å²) in [6.07, 6.45) is 2.35. The van der Waals surface area contributed by atoms with E-state index in [1.165, 1.54) is 17.3 Å². The van der Waals surface area contributed by atoms with Gasteiger partial charge in [0.05, 0.1) is 34.4 Å². The van der Waals surface area contributed by atoms with Crippen LogP contribution in [0.2, 0.25) is 0 Å². The number of para-hydroxylation sites is 2. The van der Waals surface area contributed by atoms with Crippen LogP contribution in [0, 0.1) is 6.92 Å². The van der Waals surface area contributed by atoms with Crippen molar-refractivity contribution >= 4 is 38.5 Å². The number of imidazole rings is 1. The number of hydrogen-bond acceptors (Lipinski definition) is 6. The van der Waals surface area contributed by atoms with E-state index in [0.717, 1.165) is 34.7 Å². The first-order valence-corrected chi connectivity index (χ1v) is 14.5. The molecule has 0 aliphatic carbocycles. The molecule has 5 rings (SSSR count).